The third-order valence-corrected chi connectivity index (χ3v) is 5.88. The Balaban J connectivity index is 1.36. The third kappa shape index (κ3) is 4.86. The lowest BCUT2D eigenvalue weighted by Gasteiger charge is -2.13. The van der Waals surface area contributed by atoms with E-state index in [0.717, 1.165) is 17.0 Å². The van der Waals surface area contributed by atoms with Crippen LogP contribution in [0.25, 0.3) is 10.4 Å². The summed E-state index contributed by atoms with van der Waals surface area (Å²) in [6, 6.07) is 7.72. The van der Waals surface area contributed by atoms with Crippen molar-refractivity contribution in [1.29, 1.82) is 0 Å². The summed E-state index contributed by atoms with van der Waals surface area (Å²) < 4.78 is 52.2. The SMILES string of the molecule is NC(CNc1ncc(-c2cc(F)c3c(c2)CC(=O)N3)s1)Cc1ccc(C(F)(F)F)cc1. The van der Waals surface area contributed by atoms with Gasteiger partial charge in [0.15, 0.2) is 5.13 Å². The fraction of sp³-hybridized carbons (Fsp3) is 0.238. The maximum absolute atomic E-state index is 14.2. The Labute approximate surface area is 179 Å². The van der Waals surface area contributed by atoms with Crippen molar-refractivity contribution in [1.82, 2.24) is 4.98 Å². The van der Waals surface area contributed by atoms with Crippen LogP contribution in [0.2, 0.25) is 0 Å². The third-order valence-electron chi connectivity index (χ3n) is 4.87. The first-order valence-electron chi connectivity index (χ1n) is 9.43. The molecule has 0 saturated carbocycles. The summed E-state index contributed by atoms with van der Waals surface area (Å²) in [5, 5.41) is 6.20. The lowest BCUT2D eigenvalue weighted by atomic mass is 10.0. The highest BCUT2D eigenvalue weighted by atomic mass is 32.1. The first-order chi connectivity index (χ1) is 14.7. The van der Waals surface area contributed by atoms with Gasteiger partial charge in [0.2, 0.25) is 5.91 Å². The van der Waals surface area contributed by atoms with Crippen LogP contribution in [0.1, 0.15) is 16.7 Å². The van der Waals surface area contributed by atoms with E-state index in [1.165, 1.54) is 29.5 Å². The van der Waals surface area contributed by atoms with E-state index in [9.17, 15) is 22.4 Å². The Morgan fingerprint density at radius 3 is 2.68 bits per heavy atom. The fourth-order valence-corrected chi connectivity index (χ4v) is 4.16. The second kappa shape index (κ2) is 8.27. The van der Waals surface area contributed by atoms with Gasteiger partial charge in [-0.05, 0) is 47.4 Å². The van der Waals surface area contributed by atoms with Gasteiger partial charge in [0.1, 0.15) is 5.82 Å². The molecule has 1 aromatic heterocycles. The number of carbonyl (C=O) groups excluding carboxylic acids is 1. The molecule has 10 heteroatoms. The van der Waals surface area contributed by atoms with Gasteiger partial charge in [0.25, 0.3) is 0 Å². The minimum Gasteiger partial charge on any atom is -0.360 e. The van der Waals surface area contributed by atoms with Crippen molar-refractivity contribution >= 4 is 28.1 Å². The molecule has 1 aliphatic rings. The molecule has 1 aliphatic heterocycles. The van der Waals surface area contributed by atoms with E-state index in [2.05, 4.69) is 15.6 Å². The average Bonchev–Trinajstić information content (AvgIpc) is 3.32. The van der Waals surface area contributed by atoms with Crippen molar-refractivity contribution < 1.29 is 22.4 Å². The van der Waals surface area contributed by atoms with E-state index in [-0.39, 0.29) is 24.1 Å². The Bertz CT molecular complexity index is 1110. The number of amides is 1. The topological polar surface area (TPSA) is 80.0 Å². The normalized spacial score (nSPS) is 14.3. The molecular formula is C21H18F4N4OS. The number of carbonyl (C=O) groups is 1. The van der Waals surface area contributed by atoms with Crippen molar-refractivity contribution in [3.05, 3.63) is 65.1 Å². The van der Waals surface area contributed by atoms with Gasteiger partial charge in [0, 0.05) is 18.8 Å². The summed E-state index contributed by atoms with van der Waals surface area (Å²) in [6.45, 7) is 0.366. The maximum Gasteiger partial charge on any atom is 0.416 e. The van der Waals surface area contributed by atoms with Gasteiger partial charge in [-0.2, -0.15) is 13.2 Å². The van der Waals surface area contributed by atoms with Crippen LogP contribution >= 0.6 is 11.3 Å². The Kier molecular flexibility index (Phi) is 5.67. The number of nitrogens with zero attached hydrogens (tertiary/aromatic N) is 1. The minimum absolute atomic E-state index is 0.142. The van der Waals surface area contributed by atoms with Crippen molar-refractivity contribution in [3.8, 4) is 10.4 Å². The lowest BCUT2D eigenvalue weighted by molar-refractivity contribution is -0.137. The predicted octanol–water partition coefficient (Wildman–Crippen LogP) is 4.44. The number of benzene rings is 2. The number of rotatable bonds is 6. The molecule has 1 unspecified atom stereocenters. The molecule has 0 saturated heterocycles. The van der Waals surface area contributed by atoms with E-state index in [1.807, 2.05) is 0 Å². The van der Waals surface area contributed by atoms with Crippen LogP contribution in [-0.4, -0.2) is 23.5 Å². The van der Waals surface area contributed by atoms with Crippen LogP contribution in [0.3, 0.4) is 0 Å². The first kappa shape index (κ1) is 21.3. The molecule has 1 atom stereocenters. The first-order valence-corrected chi connectivity index (χ1v) is 10.2. The van der Waals surface area contributed by atoms with Crippen molar-refractivity contribution in [2.75, 3.05) is 17.2 Å². The largest absolute Gasteiger partial charge is 0.416 e. The number of hydrogen-bond donors (Lipinski definition) is 3. The van der Waals surface area contributed by atoms with Gasteiger partial charge in [0.05, 0.1) is 22.5 Å². The molecule has 162 valence electrons. The highest BCUT2D eigenvalue weighted by molar-refractivity contribution is 7.18. The molecule has 5 nitrogen and oxygen atoms in total. The van der Waals surface area contributed by atoms with Crippen LogP contribution in [0, 0.1) is 5.82 Å². The van der Waals surface area contributed by atoms with Gasteiger partial charge < -0.3 is 16.4 Å². The molecule has 0 spiro atoms. The quantitative estimate of drug-likeness (QED) is 0.485. The van der Waals surface area contributed by atoms with Crippen molar-refractivity contribution in [2.24, 2.45) is 5.73 Å². The van der Waals surface area contributed by atoms with E-state index < -0.39 is 17.6 Å². The Morgan fingerprint density at radius 2 is 1.97 bits per heavy atom. The second-order valence-corrected chi connectivity index (χ2v) is 8.32. The van der Waals surface area contributed by atoms with E-state index in [4.69, 9.17) is 5.73 Å². The lowest BCUT2D eigenvalue weighted by Crippen LogP contribution is -2.31. The molecule has 0 fully saturated rings. The minimum atomic E-state index is -4.36. The zero-order chi connectivity index (χ0) is 22.2. The molecule has 31 heavy (non-hydrogen) atoms. The Hall–Kier alpha value is -2.98. The molecule has 0 bridgehead atoms. The molecule has 0 aliphatic carbocycles. The number of thiazole rings is 1. The van der Waals surface area contributed by atoms with Gasteiger partial charge in [-0.25, -0.2) is 9.37 Å². The summed E-state index contributed by atoms with van der Waals surface area (Å²) in [7, 11) is 0. The monoisotopic (exact) mass is 450 g/mol. The molecular weight excluding hydrogens is 432 g/mol. The van der Waals surface area contributed by atoms with Crippen LogP contribution in [0.4, 0.5) is 28.4 Å². The van der Waals surface area contributed by atoms with Gasteiger partial charge in [-0.15, -0.1) is 0 Å². The van der Waals surface area contributed by atoms with E-state index in [0.29, 0.717) is 34.8 Å². The average molecular weight is 450 g/mol. The summed E-state index contributed by atoms with van der Waals surface area (Å²) in [5.41, 5.74) is 7.58. The van der Waals surface area contributed by atoms with Crippen molar-refractivity contribution in [2.45, 2.75) is 25.1 Å². The van der Waals surface area contributed by atoms with Crippen LogP contribution in [0.5, 0.6) is 0 Å². The van der Waals surface area contributed by atoms with Crippen LogP contribution in [-0.2, 0) is 23.8 Å². The van der Waals surface area contributed by atoms with Gasteiger partial charge >= 0.3 is 6.18 Å². The summed E-state index contributed by atoms with van der Waals surface area (Å²) >= 11 is 1.32. The van der Waals surface area contributed by atoms with Crippen molar-refractivity contribution in [3.63, 3.8) is 0 Å². The number of fused-ring (bicyclic) bond motifs is 1. The van der Waals surface area contributed by atoms with Gasteiger partial charge in [-0.1, -0.05) is 23.5 Å². The number of anilines is 2. The molecule has 4 N–H and O–H groups in total. The number of nitrogens with one attached hydrogen (secondary N) is 2. The van der Waals surface area contributed by atoms with Gasteiger partial charge in [-0.3, -0.25) is 4.79 Å². The molecule has 1 amide bonds. The number of hydrogen-bond acceptors (Lipinski definition) is 5. The predicted molar refractivity (Wildman–Crippen MR) is 111 cm³/mol. The van der Waals surface area contributed by atoms with E-state index >= 15 is 0 Å². The maximum atomic E-state index is 14.2. The zero-order valence-electron chi connectivity index (χ0n) is 16.1. The molecule has 3 aromatic rings. The smallest absolute Gasteiger partial charge is 0.360 e. The number of alkyl halides is 3. The second-order valence-electron chi connectivity index (χ2n) is 7.29. The Morgan fingerprint density at radius 1 is 1.23 bits per heavy atom. The highest BCUT2D eigenvalue weighted by Gasteiger charge is 2.30. The fourth-order valence-electron chi connectivity index (χ4n) is 3.35. The number of nitrogens with two attached hydrogens (primary N) is 1. The summed E-state index contributed by atoms with van der Waals surface area (Å²) in [5.74, 6) is -0.723. The van der Waals surface area contributed by atoms with Crippen LogP contribution in [0.15, 0.2) is 42.6 Å². The molecule has 4 rings (SSSR count). The summed E-state index contributed by atoms with van der Waals surface area (Å²) in [6.07, 6.45) is -2.21. The standard InChI is InChI=1S/C21H18F4N4OS/c22-16-7-12(6-13-8-18(30)29-19(13)16)17-10-28-20(31-17)27-9-15(26)5-11-1-3-14(4-2-11)21(23,24)25/h1-4,6-7,10,15H,5,8-9,26H2,(H,27,28)(H,29,30). The molecule has 2 heterocycles. The number of halogens is 4. The van der Waals surface area contributed by atoms with Crippen LogP contribution < -0.4 is 16.4 Å². The number of aromatic nitrogens is 1. The zero-order valence-corrected chi connectivity index (χ0v) is 16.9. The van der Waals surface area contributed by atoms with E-state index in [1.54, 1.807) is 12.3 Å². The molecule has 2 aromatic carbocycles. The summed E-state index contributed by atoms with van der Waals surface area (Å²) in [4.78, 5) is 16.5. The highest BCUT2D eigenvalue weighted by Crippen LogP contribution is 2.35. The molecule has 0 radical (unpaired) electrons.